The molecular weight excluding hydrogens is 365 g/mol. The van der Waals surface area contributed by atoms with Crippen LogP contribution in [-0.4, -0.2) is 42.2 Å². The van der Waals surface area contributed by atoms with E-state index in [0.717, 1.165) is 9.79 Å². The first-order valence-corrected chi connectivity index (χ1v) is 8.83. The molecule has 2 aromatic rings. The van der Waals surface area contributed by atoms with E-state index in [1.807, 2.05) is 31.2 Å². The van der Waals surface area contributed by atoms with Gasteiger partial charge in [-0.25, -0.2) is 4.39 Å². The van der Waals surface area contributed by atoms with Crippen molar-refractivity contribution in [2.24, 2.45) is 0 Å². The van der Waals surface area contributed by atoms with Gasteiger partial charge in [0.1, 0.15) is 18.2 Å². The minimum absolute atomic E-state index is 0.0466. The molecule has 1 unspecified atom stereocenters. The number of likely N-dealkylation sites (N-methyl/N-ethyl adjacent to an activating group) is 1. The van der Waals surface area contributed by atoms with Gasteiger partial charge in [-0.15, -0.1) is 0 Å². The maximum Gasteiger partial charge on any atom is 0.317 e. The minimum Gasteiger partial charge on any atom is -0.491 e. The van der Waals surface area contributed by atoms with Crippen LogP contribution >= 0.6 is 23.4 Å². The molecule has 0 aliphatic carbocycles. The predicted molar refractivity (Wildman–Crippen MR) is 97.2 cm³/mol. The number of carbonyl (C=O) groups is 1. The third kappa shape index (κ3) is 5.92. The molecule has 2 rings (SSSR count). The number of nitrogens with zero attached hydrogens (tertiary/aromatic N) is 1. The highest BCUT2D eigenvalue weighted by Crippen LogP contribution is 2.36. The zero-order chi connectivity index (χ0) is 18.4. The molecule has 25 heavy (non-hydrogen) atoms. The van der Waals surface area contributed by atoms with Gasteiger partial charge in [0.15, 0.2) is 0 Å². The van der Waals surface area contributed by atoms with E-state index in [9.17, 15) is 9.18 Å². The SMILES string of the molecule is CC(COc1ccccc1Sc1ccc(F)c(Cl)c1)N(C)CC(=O)O. The molecule has 0 aliphatic heterocycles. The summed E-state index contributed by atoms with van der Waals surface area (Å²) in [5.41, 5.74) is 0. The molecule has 0 heterocycles. The first kappa shape index (κ1) is 19.6. The smallest absolute Gasteiger partial charge is 0.317 e. The van der Waals surface area contributed by atoms with Gasteiger partial charge in [-0.2, -0.15) is 0 Å². The lowest BCUT2D eigenvalue weighted by molar-refractivity contribution is -0.138. The summed E-state index contributed by atoms with van der Waals surface area (Å²) >= 11 is 7.25. The van der Waals surface area contributed by atoms with Gasteiger partial charge >= 0.3 is 5.97 Å². The van der Waals surface area contributed by atoms with Crippen molar-refractivity contribution in [3.05, 3.63) is 53.3 Å². The molecule has 0 radical (unpaired) electrons. The van der Waals surface area contributed by atoms with Crippen molar-refractivity contribution in [1.82, 2.24) is 4.90 Å². The van der Waals surface area contributed by atoms with Crippen LogP contribution in [0.2, 0.25) is 5.02 Å². The van der Waals surface area contributed by atoms with E-state index >= 15 is 0 Å². The second kappa shape index (κ2) is 9.08. The largest absolute Gasteiger partial charge is 0.491 e. The van der Waals surface area contributed by atoms with Crippen LogP contribution in [-0.2, 0) is 4.79 Å². The molecule has 0 bridgehead atoms. The van der Waals surface area contributed by atoms with Gasteiger partial charge in [0.2, 0.25) is 0 Å². The predicted octanol–water partition coefficient (Wildman–Crippen LogP) is 4.41. The molecule has 2 aromatic carbocycles. The van der Waals surface area contributed by atoms with Crippen LogP contribution < -0.4 is 4.74 Å². The van der Waals surface area contributed by atoms with E-state index in [1.165, 1.54) is 17.8 Å². The van der Waals surface area contributed by atoms with Gasteiger partial charge in [-0.05, 0) is 44.3 Å². The Hall–Kier alpha value is -1.76. The number of para-hydroxylation sites is 1. The van der Waals surface area contributed by atoms with Crippen LogP contribution in [0.1, 0.15) is 6.92 Å². The highest BCUT2D eigenvalue weighted by molar-refractivity contribution is 7.99. The minimum atomic E-state index is -0.876. The van der Waals surface area contributed by atoms with E-state index in [2.05, 4.69) is 0 Å². The van der Waals surface area contributed by atoms with Crippen LogP contribution in [0, 0.1) is 5.82 Å². The van der Waals surface area contributed by atoms with Crippen LogP contribution in [0.5, 0.6) is 5.75 Å². The van der Waals surface area contributed by atoms with E-state index < -0.39 is 11.8 Å². The number of halogens is 2. The Balaban J connectivity index is 2.05. The fourth-order valence-corrected chi connectivity index (χ4v) is 3.21. The number of hydrogen-bond acceptors (Lipinski definition) is 4. The maximum atomic E-state index is 13.3. The lowest BCUT2D eigenvalue weighted by Gasteiger charge is -2.23. The third-order valence-electron chi connectivity index (χ3n) is 3.59. The van der Waals surface area contributed by atoms with Gasteiger partial charge in [0.25, 0.3) is 0 Å². The lowest BCUT2D eigenvalue weighted by Crippen LogP contribution is -2.37. The molecule has 0 spiro atoms. The average Bonchev–Trinajstić information content (AvgIpc) is 2.56. The summed E-state index contributed by atoms with van der Waals surface area (Å²) in [6.45, 7) is 2.21. The lowest BCUT2D eigenvalue weighted by atomic mass is 10.3. The average molecular weight is 384 g/mol. The Morgan fingerprint density at radius 3 is 2.76 bits per heavy atom. The Morgan fingerprint density at radius 2 is 2.08 bits per heavy atom. The van der Waals surface area contributed by atoms with E-state index in [4.69, 9.17) is 21.4 Å². The highest BCUT2D eigenvalue weighted by atomic mass is 35.5. The van der Waals surface area contributed by atoms with Crippen molar-refractivity contribution in [1.29, 1.82) is 0 Å². The van der Waals surface area contributed by atoms with Gasteiger partial charge in [0, 0.05) is 10.9 Å². The second-order valence-corrected chi connectivity index (χ2v) is 7.12. The summed E-state index contributed by atoms with van der Waals surface area (Å²) in [5, 5.41) is 8.92. The first-order valence-electron chi connectivity index (χ1n) is 7.63. The Labute approximate surface area is 155 Å². The Kier molecular flexibility index (Phi) is 7.11. The van der Waals surface area contributed by atoms with Crippen molar-refractivity contribution in [2.45, 2.75) is 22.8 Å². The number of hydrogen-bond donors (Lipinski definition) is 1. The van der Waals surface area contributed by atoms with Crippen molar-refractivity contribution < 1.29 is 19.0 Å². The molecule has 134 valence electrons. The molecule has 7 heteroatoms. The zero-order valence-corrected chi connectivity index (χ0v) is 15.5. The Morgan fingerprint density at radius 1 is 1.36 bits per heavy atom. The molecule has 0 saturated carbocycles. The molecule has 0 saturated heterocycles. The molecule has 0 aromatic heterocycles. The summed E-state index contributed by atoms with van der Waals surface area (Å²) in [6.07, 6.45) is 0. The zero-order valence-electron chi connectivity index (χ0n) is 13.9. The summed E-state index contributed by atoms with van der Waals surface area (Å²) in [5.74, 6) is -0.645. The summed E-state index contributed by atoms with van der Waals surface area (Å²) in [4.78, 5) is 14.2. The number of carboxylic acid groups (broad SMARTS) is 1. The van der Waals surface area contributed by atoms with Gasteiger partial charge in [-0.1, -0.05) is 35.5 Å². The maximum absolute atomic E-state index is 13.3. The van der Waals surface area contributed by atoms with Crippen LogP contribution in [0.25, 0.3) is 0 Å². The van der Waals surface area contributed by atoms with E-state index in [1.54, 1.807) is 24.1 Å². The van der Waals surface area contributed by atoms with E-state index in [0.29, 0.717) is 12.4 Å². The van der Waals surface area contributed by atoms with Crippen LogP contribution in [0.15, 0.2) is 52.3 Å². The van der Waals surface area contributed by atoms with Crippen molar-refractivity contribution in [2.75, 3.05) is 20.2 Å². The molecule has 1 N–H and O–H groups in total. The monoisotopic (exact) mass is 383 g/mol. The fourth-order valence-electron chi connectivity index (χ4n) is 2.03. The highest BCUT2D eigenvalue weighted by Gasteiger charge is 2.14. The third-order valence-corrected chi connectivity index (χ3v) is 4.92. The summed E-state index contributed by atoms with van der Waals surface area (Å²) < 4.78 is 19.1. The standard InChI is InChI=1S/C18H19ClFNO3S/c1-12(21(2)10-18(22)23)11-24-16-5-3-4-6-17(16)25-13-7-8-15(20)14(19)9-13/h3-9,12H,10-11H2,1-2H3,(H,22,23). The number of rotatable bonds is 8. The quantitative estimate of drug-likeness (QED) is 0.731. The van der Waals surface area contributed by atoms with Crippen molar-refractivity contribution >= 4 is 29.3 Å². The first-order chi connectivity index (χ1) is 11.9. The number of benzene rings is 2. The second-order valence-electron chi connectivity index (χ2n) is 5.59. The van der Waals surface area contributed by atoms with Crippen LogP contribution in [0.4, 0.5) is 4.39 Å². The van der Waals surface area contributed by atoms with Crippen LogP contribution in [0.3, 0.4) is 0 Å². The molecule has 0 fully saturated rings. The molecule has 1 atom stereocenters. The number of aliphatic carboxylic acids is 1. The topological polar surface area (TPSA) is 49.8 Å². The Bertz CT molecular complexity index is 744. The van der Waals surface area contributed by atoms with E-state index in [-0.39, 0.29) is 17.6 Å². The summed E-state index contributed by atoms with van der Waals surface area (Å²) in [6, 6.07) is 12.0. The molecule has 0 amide bonds. The summed E-state index contributed by atoms with van der Waals surface area (Å²) in [7, 11) is 1.74. The molecule has 4 nitrogen and oxygen atoms in total. The van der Waals surface area contributed by atoms with Gasteiger partial charge in [-0.3, -0.25) is 9.69 Å². The van der Waals surface area contributed by atoms with Crippen molar-refractivity contribution in [3.8, 4) is 5.75 Å². The van der Waals surface area contributed by atoms with Gasteiger partial charge in [0.05, 0.1) is 16.5 Å². The van der Waals surface area contributed by atoms with Gasteiger partial charge < -0.3 is 9.84 Å². The molecular formula is C18H19ClFNO3S. The molecule has 0 aliphatic rings. The number of ether oxygens (including phenoxy) is 1. The fraction of sp³-hybridized carbons (Fsp3) is 0.278. The normalized spacial score (nSPS) is 12.2. The number of carboxylic acids is 1. The van der Waals surface area contributed by atoms with Crippen molar-refractivity contribution in [3.63, 3.8) is 0 Å².